The zero-order chi connectivity index (χ0) is 15.5. The van der Waals surface area contributed by atoms with E-state index in [0.717, 1.165) is 22.4 Å². The number of fused-ring (bicyclic) bond motifs is 1. The zero-order valence-electron chi connectivity index (χ0n) is 12.2. The second-order valence-corrected chi connectivity index (χ2v) is 6.83. The molecule has 4 rings (SSSR count). The van der Waals surface area contributed by atoms with Crippen molar-refractivity contribution in [3.8, 4) is 0 Å². The Kier molecular flexibility index (Phi) is 4.02. The minimum Gasteiger partial charge on any atom is -0.424 e. The van der Waals surface area contributed by atoms with Gasteiger partial charge >= 0.3 is 0 Å². The SMILES string of the molecule is C1=CI=NC([C@@H](Nc2nc3ccccc3o2)c2ccccc2)=C1. The van der Waals surface area contributed by atoms with E-state index in [1.165, 1.54) is 0 Å². The van der Waals surface area contributed by atoms with Crippen LogP contribution < -0.4 is 5.32 Å². The van der Waals surface area contributed by atoms with Gasteiger partial charge in [-0.25, -0.2) is 3.15 Å². The zero-order valence-corrected chi connectivity index (χ0v) is 14.3. The molecule has 1 aromatic heterocycles. The summed E-state index contributed by atoms with van der Waals surface area (Å²) in [5, 5.41) is 3.40. The van der Waals surface area contributed by atoms with Crippen molar-refractivity contribution in [1.82, 2.24) is 4.98 Å². The summed E-state index contributed by atoms with van der Waals surface area (Å²) < 4.78 is 12.7. The molecule has 5 heteroatoms. The number of halogens is 1. The lowest BCUT2D eigenvalue weighted by Gasteiger charge is -2.19. The van der Waals surface area contributed by atoms with Crippen molar-refractivity contribution < 1.29 is 4.42 Å². The molecule has 2 heterocycles. The third-order valence-electron chi connectivity index (χ3n) is 3.53. The van der Waals surface area contributed by atoms with Crippen LogP contribution in [0.3, 0.4) is 0 Å². The average molecular weight is 415 g/mol. The first kappa shape index (κ1) is 14.3. The van der Waals surface area contributed by atoms with Crippen LogP contribution in [0.5, 0.6) is 0 Å². The van der Waals surface area contributed by atoms with Gasteiger partial charge in [0.05, 0.1) is 11.7 Å². The van der Waals surface area contributed by atoms with E-state index in [0.29, 0.717) is 6.01 Å². The number of hydrogen-bond acceptors (Lipinski definition) is 4. The molecule has 1 aliphatic heterocycles. The van der Waals surface area contributed by atoms with E-state index in [1.54, 1.807) is 0 Å². The Balaban J connectivity index is 1.72. The molecule has 1 atom stereocenters. The van der Waals surface area contributed by atoms with Gasteiger partial charge in [-0.3, -0.25) is 0 Å². The van der Waals surface area contributed by atoms with Crippen molar-refractivity contribution in [1.29, 1.82) is 0 Å². The number of allylic oxidation sites excluding steroid dienone is 2. The summed E-state index contributed by atoms with van der Waals surface area (Å²) in [6.07, 6.45) is 4.13. The van der Waals surface area contributed by atoms with Crippen LogP contribution >= 0.6 is 21.0 Å². The van der Waals surface area contributed by atoms with Gasteiger partial charge in [-0.1, -0.05) is 48.5 Å². The van der Waals surface area contributed by atoms with Gasteiger partial charge in [0.1, 0.15) is 5.52 Å². The second-order valence-electron chi connectivity index (χ2n) is 5.07. The van der Waals surface area contributed by atoms with Crippen LogP contribution in [0.2, 0.25) is 0 Å². The number of anilines is 1. The van der Waals surface area contributed by atoms with E-state index < -0.39 is 0 Å². The van der Waals surface area contributed by atoms with Gasteiger partial charge in [0.2, 0.25) is 0 Å². The maximum atomic E-state index is 5.81. The van der Waals surface area contributed by atoms with E-state index in [1.807, 2.05) is 42.5 Å². The minimum absolute atomic E-state index is 0.0612. The highest BCUT2D eigenvalue weighted by Crippen LogP contribution is 2.32. The van der Waals surface area contributed by atoms with Crippen molar-refractivity contribution in [2.45, 2.75) is 6.04 Å². The molecular formula is C18H14IN3O. The molecule has 23 heavy (non-hydrogen) atoms. The van der Waals surface area contributed by atoms with Crippen LogP contribution in [0.15, 0.2) is 84.1 Å². The number of hydrogen-bond donors (Lipinski definition) is 1. The van der Waals surface area contributed by atoms with Crippen LogP contribution in [0, 0.1) is 0 Å². The first-order valence-electron chi connectivity index (χ1n) is 7.28. The molecule has 2 aromatic carbocycles. The van der Waals surface area contributed by atoms with Crippen molar-refractivity contribution in [2.24, 2.45) is 3.15 Å². The number of para-hydroxylation sites is 2. The van der Waals surface area contributed by atoms with Crippen LogP contribution in [-0.2, 0) is 0 Å². The smallest absolute Gasteiger partial charge is 0.296 e. The molecule has 0 saturated carbocycles. The Morgan fingerprint density at radius 1 is 1.00 bits per heavy atom. The Morgan fingerprint density at radius 2 is 1.83 bits per heavy atom. The number of benzene rings is 2. The second kappa shape index (κ2) is 6.45. The Morgan fingerprint density at radius 3 is 2.61 bits per heavy atom. The standard InChI is InChI=1S/C18H14IN3O/c1-2-7-13(8-3-1)17(15-10-6-12-19-22-15)21-18-20-14-9-4-5-11-16(14)23-18/h1-12,17H,(H,20,21)/t17-/m0/s1. The summed E-state index contributed by atoms with van der Waals surface area (Å²) in [7, 11) is 0. The van der Waals surface area contributed by atoms with E-state index in [4.69, 9.17) is 7.56 Å². The molecule has 3 aromatic rings. The summed E-state index contributed by atoms with van der Waals surface area (Å²) >= 11 is -0.262. The molecule has 0 unspecified atom stereocenters. The van der Waals surface area contributed by atoms with Gasteiger partial charge in [0.25, 0.3) is 6.01 Å². The third-order valence-corrected chi connectivity index (χ3v) is 5.11. The van der Waals surface area contributed by atoms with Gasteiger partial charge in [-0.05, 0) is 27.9 Å². The lowest BCUT2D eigenvalue weighted by atomic mass is 10.0. The van der Waals surface area contributed by atoms with Crippen LogP contribution in [0.25, 0.3) is 11.1 Å². The molecule has 0 amide bonds. The van der Waals surface area contributed by atoms with Crippen molar-refractivity contribution in [3.63, 3.8) is 0 Å². The van der Waals surface area contributed by atoms with Crippen molar-refractivity contribution >= 4 is 38.1 Å². The molecule has 0 aliphatic carbocycles. The molecule has 1 aliphatic rings. The quantitative estimate of drug-likeness (QED) is 0.569. The summed E-state index contributed by atoms with van der Waals surface area (Å²) in [5.74, 6) is 0. The van der Waals surface area contributed by atoms with Gasteiger partial charge in [-0.2, -0.15) is 4.98 Å². The van der Waals surface area contributed by atoms with Crippen molar-refractivity contribution in [2.75, 3.05) is 5.32 Å². The van der Waals surface area contributed by atoms with Gasteiger partial charge < -0.3 is 9.73 Å². The molecule has 0 radical (unpaired) electrons. The minimum atomic E-state index is -0.262. The average Bonchev–Trinajstić information content (AvgIpc) is 3.04. The molecule has 0 fully saturated rings. The van der Waals surface area contributed by atoms with Crippen LogP contribution in [0.1, 0.15) is 11.6 Å². The van der Waals surface area contributed by atoms with E-state index >= 15 is 0 Å². The third kappa shape index (κ3) is 3.10. The van der Waals surface area contributed by atoms with E-state index in [9.17, 15) is 0 Å². The van der Waals surface area contributed by atoms with E-state index in [2.05, 4.69) is 38.7 Å². The first-order valence-corrected chi connectivity index (χ1v) is 9.49. The maximum absolute atomic E-state index is 5.81. The topological polar surface area (TPSA) is 50.4 Å². The monoisotopic (exact) mass is 415 g/mol. The lowest BCUT2D eigenvalue weighted by molar-refractivity contribution is 0.606. The Labute approximate surface area is 144 Å². The Bertz CT molecular complexity index is 879. The number of aromatic nitrogens is 1. The summed E-state index contributed by atoms with van der Waals surface area (Å²) in [6.45, 7) is 0. The first-order chi connectivity index (χ1) is 11.4. The molecule has 0 saturated heterocycles. The molecule has 4 nitrogen and oxygen atoms in total. The number of nitrogens with zero attached hydrogens (tertiary/aromatic N) is 2. The fourth-order valence-corrected chi connectivity index (χ4v) is 3.77. The largest absolute Gasteiger partial charge is 0.424 e. The van der Waals surface area contributed by atoms with E-state index in [-0.39, 0.29) is 27.1 Å². The maximum Gasteiger partial charge on any atom is 0.296 e. The number of nitrogens with one attached hydrogen (secondary N) is 1. The van der Waals surface area contributed by atoms with Gasteiger partial charge in [0.15, 0.2) is 5.58 Å². The van der Waals surface area contributed by atoms with Crippen molar-refractivity contribution in [3.05, 3.63) is 82.1 Å². The normalized spacial score (nSPS) is 15.0. The highest BCUT2D eigenvalue weighted by atomic mass is 127. The fraction of sp³-hybridized carbons (Fsp3) is 0.0556. The highest BCUT2D eigenvalue weighted by Gasteiger charge is 2.19. The van der Waals surface area contributed by atoms with Gasteiger partial charge in [-0.15, -0.1) is 0 Å². The molecule has 114 valence electrons. The predicted octanol–water partition coefficient (Wildman–Crippen LogP) is 5.55. The summed E-state index contributed by atoms with van der Waals surface area (Å²) in [6, 6.07) is 18.5. The number of rotatable bonds is 4. The molecular weight excluding hydrogens is 401 g/mol. The highest BCUT2D eigenvalue weighted by molar-refractivity contribution is 14.2. The fourth-order valence-electron chi connectivity index (χ4n) is 2.46. The summed E-state index contributed by atoms with van der Waals surface area (Å²) in [4.78, 5) is 4.52. The number of oxazole rings is 1. The molecule has 0 spiro atoms. The molecule has 0 bridgehead atoms. The summed E-state index contributed by atoms with van der Waals surface area (Å²) in [5.41, 5.74) is 3.80. The Hall–Kier alpha value is -2.28. The predicted molar refractivity (Wildman–Crippen MR) is 100 cm³/mol. The molecule has 1 N–H and O–H groups in total. The lowest BCUT2D eigenvalue weighted by Crippen LogP contribution is -2.12. The van der Waals surface area contributed by atoms with Crippen LogP contribution in [-0.4, -0.2) is 4.98 Å². The van der Waals surface area contributed by atoms with Crippen LogP contribution in [0.4, 0.5) is 6.01 Å². The van der Waals surface area contributed by atoms with Gasteiger partial charge in [0, 0.05) is 21.0 Å².